The molecule has 1 aliphatic heterocycles. The number of nitrogens with one attached hydrogen (secondary N) is 1. The number of nitrogens with two attached hydrogens (primary N) is 1. The van der Waals surface area contributed by atoms with Crippen molar-refractivity contribution in [1.82, 2.24) is 4.98 Å². The molecule has 3 N–H and O–H groups in total. The number of aromatic amines is 1. The van der Waals surface area contributed by atoms with E-state index in [9.17, 15) is 0 Å². The number of rotatable bonds is 2. The van der Waals surface area contributed by atoms with Gasteiger partial charge in [0.25, 0.3) is 0 Å². The molecule has 1 fully saturated rings. The van der Waals surface area contributed by atoms with Gasteiger partial charge in [0.1, 0.15) is 0 Å². The fourth-order valence-electron chi connectivity index (χ4n) is 2.70. The standard InChI is InChI=1S/C14H18N2O/c15-14(10-5-7-17-8-6-10)12-9-16-13-4-2-1-3-11(12)13/h1-4,9-10,14,16H,5-8,15H2/t14-/m1/s1. The number of fused-ring (bicyclic) bond motifs is 1. The maximum atomic E-state index is 6.40. The van der Waals surface area contributed by atoms with E-state index in [1.807, 2.05) is 6.07 Å². The van der Waals surface area contributed by atoms with Crippen molar-refractivity contribution in [2.75, 3.05) is 13.2 Å². The van der Waals surface area contributed by atoms with Crippen LogP contribution in [-0.2, 0) is 4.74 Å². The lowest BCUT2D eigenvalue weighted by molar-refractivity contribution is 0.0585. The van der Waals surface area contributed by atoms with Gasteiger partial charge in [0.2, 0.25) is 0 Å². The van der Waals surface area contributed by atoms with Crippen LogP contribution in [0.15, 0.2) is 30.5 Å². The Morgan fingerprint density at radius 3 is 2.82 bits per heavy atom. The Kier molecular flexibility index (Phi) is 2.87. The molecule has 3 nitrogen and oxygen atoms in total. The molecule has 3 rings (SSSR count). The van der Waals surface area contributed by atoms with Crippen LogP contribution in [0.2, 0.25) is 0 Å². The van der Waals surface area contributed by atoms with Crippen LogP contribution < -0.4 is 5.73 Å². The van der Waals surface area contributed by atoms with E-state index in [2.05, 4.69) is 29.4 Å². The molecule has 3 heteroatoms. The highest BCUT2D eigenvalue weighted by molar-refractivity contribution is 5.83. The molecule has 2 heterocycles. The predicted octanol–water partition coefficient (Wildman–Crippen LogP) is 2.59. The molecule has 1 aliphatic rings. The molecule has 0 amide bonds. The Bertz CT molecular complexity index is 500. The molecule has 90 valence electrons. The first-order valence-corrected chi connectivity index (χ1v) is 6.25. The fraction of sp³-hybridized carbons (Fsp3) is 0.429. The van der Waals surface area contributed by atoms with Crippen LogP contribution in [0.4, 0.5) is 0 Å². The first-order chi connectivity index (χ1) is 8.36. The number of H-pyrrole nitrogens is 1. The van der Waals surface area contributed by atoms with Crippen LogP contribution >= 0.6 is 0 Å². The summed E-state index contributed by atoms with van der Waals surface area (Å²) in [6, 6.07) is 8.46. The number of hydrogen-bond donors (Lipinski definition) is 2. The zero-order valence-electron chi connectivity index (χ0n) is 9.86. The van der Waals surface area contributed by atoms with Crippen LogP contribution in [0.25, 0.3) is 10.9 Å². The number of benzene rings is 1. The van der Waals surface area contributed by atoms with Gasteiger partial charge in [-0.2, -0.15) is 0 Å². The molecule has 1 saturated heterocycles. The molecule has 0 aliphatic carbocycles. The zero-order valence-corrected chi connectivity index (χ0v) is 9.86. The summed E-state index contributed by atoms with van der Waals surface area (Å²) < 4.78 is 5.39. The smallest absolute Gasteiger partial charge is 0.0469 e. The number of hydrogen-bond acceptors (Lipinski definition) is 2. The molecule has 17 heavy (non-hydrogen) atoms. The Labute approximate surface area is 101 Å². The van der Waals surface area contributed by atoms with Gasteiger partial charge in [0.15, 0.2) is 0 Å². The van der Waals surface area contributed by atoms with Crippen molar-refractivity contribution in [3.63, 3.8) is 0 Å². The molecular formula is C14H18N2O. The topological polar surface area (TPSA) is 51.0 Å². The SMILES string of the molecule is N[C@@H](c1c[nH]c2ccccc12)C1CCOCC1. The summed E-state index contributed by atoms with van der Waals surface area (Å²) in [6.07, 6.45) is 4.20. The Balaban J connectivity index is 1.92. The summed E-state index contributed by atoms with van der Waals surface area (Å²) in [4.78, 5) is 3.30. The van der Waals surface area contributed by atoms with E-state index < -0.39 is 0 Å². The summed E-state index contributed by atoms with van der Waals surface area (Å²) in [5.41, 5.74) is 8.82. The molecule has 1 aromatic carbocycles. The second-order valence-corrected chi connectivity index (χ2v) is 4.77. The minimum atomic E-state index is 0.120. The lowest BCUT2D eigenvalue weighted by Crippen LogP contribution is -2.27. The van der Waals surface area contributed by atoms with Gasteiger partial charge in [-0.3, -0.25) is 0 Å². The minimum Gasteiger partial charge on any atom is -0.381 e. The summed E-state index contributed by atoms with van der Waals surface area (Å²) >= 11 is 0. The van der Waals surface area contributed by atoms with E-state index in [0.717, 1.165) is 26.1 Å². The molecule has 0 spiro atoms. The van der Waals surface area contributed by atoms with E-state index in [1.54, 1.807) is 0 Å². The monoisotopic (exact) mass is 230 g/mol. The quantitative estimate of drug-likeness (QED) is 0.833. The van der Waals surface area contributed by atoms with E-state index in [0.29, 0.717) is 5.92 Å². The Morgan fingerprint density at radius 1 is 1.24 bits per heavy atom. The molecule has 2 aromatic rings. The Morgan fingerprint density at radius 2 is 2.00 bits per heavy atom. The van der Waals surface area contributed by atoms with Gasteiger partial charge >= 0.3 is 0 Å². The van der Waals surface area contributed by atoms with Crippen LogP contribution in [0.1, 0.15) is 24.4 Å². The maximum Gasteiger partial charge on any atom is 0.0469 e. The van der Waals surface area contributed by atoms with Gasteiger partial charge in [-0.25, -0.2) is 0 Å². The van der Waals surface area contributed by atoms with E-state index in [4.69, 9.17) is 10.5 Å². The van der Waals surface area contributed by atoms with Crippen molar-refractivity contribution in [3.05, 3.63) is 36.0 Å². The summed E-state index contributed by atoms with van der Waals surface area (Å²) in [5, 5.41) is 1.26. The van der Waals surface area contributed by atoms with Crippen molar-refractivity contribution >= 4 is 10.9 Å². The maximum absolute atomic E-state index is 6.40. The summed E-state index contributed by atoms with van der Waals surface area (Å²) in [6.45, 7) is 1.70. The van der Waals surface area contributed by atoms with E-state index >= 15 is 0 Å². The third-order valence-electron chi connectivity index (χ3n) is 3.75. The van der Waals surface area contributed by atoms with Gasteiger partial charge in [0, 0.05) is 36.4 Å². The van der Waals surface area contributed by atoms with E-state index in [-0.39, 0.29) is 6.04 Å². The summed E-state index contributed by atoms with van der Waals surface area (Å²) in [7, 11) is 0. The largest absolute Gasteiger partial charge is 0.381 e. The van der Waals surface area contributed by atoms with Crippen molar-refractivity contribution in [2.24, 2.45) is 11.7 Å². The van der Waals surface area contributed by atoms with Crippen molar-refractivity contribution in [3.8, 4) is 0 Å². The second kappa shape index (κ2) is 4.51. The van der Waals surface area contributed by atoms with Crippen molar-refractivity contribution < 1.29 is 4.74 Å². The van der Waals surface area contributed by atoms with Gasteiger partial charge in [-0.15, -0.1) is 0 Å². The highest BCUT2D eigenvalue weighted by Gasteiger charge is 2.23. The third kappa shape index (κ3) is 1.96. The average molecular weight is 230 g/mol. The minimum absolute atomic E-state index is 0.120. The molecule has 1 atom stereocenters. The van der Waals surface area contributed by atoms with Crippen LogP contribution in [0, 0.1) is 5.92 Å². The summed E-state index contributed by atoms with van der Waals surface area (Å²) in [5.74, 6) is 0.544. The van der Waals surface area contributed by atoms with Crippen LogP contribution in [0.5, 0.6) is 0 Å². The van der Waals surface area contributed by atoms with Gasteiger partial charge < -0.3 is 15.5 Å². The van der Waals surface area contributed by atoms with Crippen LogP contribution in [-0.4, -0.2) is 18.2 Å². The lowest BCUT2D eigenvalue weighted by Gasteiger charge is -2.27. The normalized spacial score (nSPS) is 19.6. The number of para-hydroxylation sites is 1. The first-order valence-electron chi connectivity index (χ1n) is 6.25. The highest BCUT2D eigenvalue weighted by Crippen LogP contribution is 2.32. The number of aromatic nitrogens is 1. The predicted molar refractivity (Wildman–Crippen MR) is 68.8 cm³/mol. The van der Waals surface area contributed by atoms with Gasteiger partial charge in [0.05, 0.1) is 0 Å². The van der Waals surface area contributed by atoms with Gasteiger partial charge in [-0.05, 0) is 30.4 Å². The molecular weight excluding hydrogens is 212 g/mol. The average Bonchev–Trinajstić information content (AvgIpc) is 2.83. The fourth-order valence-corrected chi connectivity index (χ4v) is 2.70. The molecule has 0 bridgehead atoms. The number of ether oxygens (including phenoxy) is 1. The molecule has 0 saturated carbocycles. The first kappa shape index (κ1) is 10.8. The molecule has 1 aromatic heterocycles. The lowest BCUT2D eigenvalue weighted by atomic mass is 9.88. The molecule has 0 unspecified atom stereocenters. The van der Waals surface area contributed by atoms with Crippen molar-refractivity contribution in [2.45, 2.75) is 18.9 Å². The zero-order chi connectivity index (χ0) is 11.7. The van der Waals surface area contributed by atoms with Gasteiger partial charge in [-0.1, -0.05) is 18.2 Å². The highest BCUT2D eigenvalue weighted by atomic mass is 16.5. The van der Waals surface area contributed by atoms with Crippen molar-refractivity contribution in [1.29, 1.82) is 0 Å². The third-order valence-corrected chi connectivity index (χ3v) is 3.75. The van der Waals surface area contributed by atoms with E-state index in [1.165, 1.54) is 16.5 Å². The second-order valence-electron chi connectivity index (χ2n) is 4.77. The Hall–Kier alpha value is -1.32. The molecule has 0 radical (unpaired) electrons. The van der Waals surface area contributed by atoms with Crippen LogP contribution in [0.3, 0.4) is 0 Å².